The minimum atomic E-state index is -1.22. The lowest BCUT2D eigenvalue weighted by molar-refractivity contribution is -0.152. The number of anilines is 1. The van der Waals surface area contributed by atoms with Gasteiger partial charge in [0.15, 0.2) is 0 Å². The highest BCUT2D eigenvalue weighted by Gasteiger charge is 2.60. The van der Waals surface area contributed by atoms with E-state index in [1.807, 2.05) is 20.8 Å². The summed E-state index contributed by atoms with van der Waals surface area (Å²) in [7, 11) is 0. The van der Waals surface area contributed by atoms with Gasteiger partial charge in [-0.05, 0) is 60.9 Å². The van der Waals surface area contributed by atoms with Crippen molar-refractivity contribution in [2.45, 2.75) is 65.0 Å². The Morgan fingerprint density at radius 2 is 1.65 bits per heavy atom. The lowest BCUT2D eigenvalue weighted by atomic mass is 9.64. The summed E-state index contributed by atoms with van der Waals surface area (Å²) in [4.78, 5) is 65.5. The molecule has 2 fully saturated rings. The molecule has 5 N–H and O–H groups in total. The van der Waals surface area contributed by atoms with Gasteiger partial charge in [0.1, 0.15) is 12.1 Å². The number of carbonyl (C=O) groups is 5. The summed E-state index contributed by atoms with van der Waals surface area (Å²) >= 11 is 12.2. The van der Waals surface area contributed by atoms with Crippen molar-refractivity contribution in [3.63, 3.8) is 0 Å². The Morgan fingerprint density at radius 3 is 2.23 bits per heavy atom. The lowest BCUT2D eigenvalue weighted by Crippen LogP contribution is -2.55. The fourth-order valence-corrected chi connectivity index (χ4v) is 6.87. The van der Waals surface area contributed by atoms with Crippen LogP contribution in [-0.2, 0) is 25.6 Å². The van der Waals surface area contributed by atoms with Gasteiger partial charge < -0.3 is 26.4 Å². The second-order valence-corrected chi connectivity index (χ2v) is 12.9. The monoisotopic (exact) mass is 630 g/mol. The third kappa shape index (κ3) is 6.35. The maximum atomic E-state index is 13.7. The van der Waals surface area contributed by atoms with Gasteiger partial charge in [-0.3, -0.25) is 19.2 Å². The number of nitrogens with two attached hydrogens (primary N) is 1. The molecular weight excluding hydrogens is 595 g/mol. The highest BCUT2D eigenvalue weighted by Crippen LogP contribution is 2.57. The molecule has 2 aliphatic rings. The zero-order chi connectivity index (χ0) is 31.7. The van der Waals surface area contributed by atoms with Gasteiger partial charge in [0.05, 0.1) is 21.0 Å². The van der Waals surface area contributed by atoms with E-state index in [-0.39, 0.29) is 27.9 Å². The minimum absolute atomic E-state index is 0.00303. The molecule has 0 aromatic heterocycles. The molecule has 1 aliphatic heterocycles. The number of rotatable bonds is 9. The molecule has 0 bridgehead atoms. The van der Waals surface area contributed by atoms with Crippen LogP contribution < -0.4 is 16.4 Å². The number of nitrogens with zero attached hydrogens (tertiary/aromatic N) is 1. The van der Waals surface area contributed by atoms with E-state index >= 15 is 0 Å². The van der Waals surface area contributed by atoms with E-state index in [2.05, 4.69) is 10.6 Å². The molecule has 0 spiro atoms. The quantitative estimate of drug-likeness (QED) is 0.324. The van der Waals surface area contributed by atoms with Crippen LogP contribution in [0.1, 0.15) is 62.4 Å². The summed E-state index contributed by atoms with van der Waals surface area (Å²) < 4.78 is 0. The summed E-state index contributed by atoms with van der Waals surface area (Å²) in [5.41, 5.74) is 5.02. The molecule has 2 aromatic carbocycles. The van der Waals surface area contributed by atoms with Crippen molar-refractivity contribution < 1.29 is 29.1 Å². The fraction of sp³-hybridized carbons (Fsp3) is 0.452. The predicted octanol–water partition coefficient (Wildman–Crippen LogP) is 4.28. The maximum absolute atomic E-state index is 13.7. The Hall–Kier alpha value is -3.63. The third-order valence-electron chi connectivity index (χ3n) is 9.31. The Balaban J connectivity index is 1.42. The number of likely N-dealkylation sites (tertiary alicyclic amines) is 1. The molecule has 1 saturated heterocycles. The van der Waals surface area contributed by atoms with E-state index in [9.17, 15) is 29.1 Å². The predicted molar refractivity (Wildman–Crippen MR) is 163 cm³/mol. The Kier molecular flexibility index (Phi) is 9.42. The molecule has 4 atom stereocenters. The van der Waals surface area contributed by atoms with Crippen molar-refractivity contribution in [3.8, 4) is 0 Å². The molecule has 10 nitrogen and oxygen atoms in total. The van der Waals surface area contributed by atoms with Crippen LogP contribution >= 0.6 is 23.2 Å². The Labute approximate surface area is 260 Å². The average molecular weight is 632 g/mol. The van der Waals surface area contributed by atoms with Crippen molar-refractivity contribution in [3.05, 3.63) is 63.6 Å². The minimum Gasteiger partial charge on any atom is -0.480 e. The van der Waals surface area contributed by atoms with Gasteiger partial charge in [0, 0.05) is 24.6 Å². The maximum Gasteiger partial charge on any atom is 0.326 e. The first-order valence-electron chi connectivity index (χ1n) is 14.1. The van der Waals surface area contributed by atoms with Crippen LogP contribution in [-0.4, -0.2) is 58.2 Å². The Bertz CT molecular complexity index is 1430. The van der Waals surface area contributed by atoms with Gasteiger partial charge in [-0.1, -0.05) is 62.2 Å². The van der Waals surface area contributed by atoms with E-state index < -0.39 is 52.5 Å². The van der Waals surface area contributed by atoms with Gasteiger partial charge >= 0.3 is 5.97 Å². The van der Waals surface area contributed by atoms with E-state index in [0.29, 0.717) is 43.5 Å². The number of amides is 4. The second-order valence-electron chi connectivity index (χ2n) is 12.1. The molecule has 1 saturated carbocycles. The summed E-state index contributed by atoms with van der Waals surface area (Å²) in [5.74, 6) is -3.49. The van der Waals surface area contributed by atoms with Crippen LogP contribution in [0.4, 0.5) is 5.69 Å². The van der Waals surface area contributed by atoms with E-state index in [1.165, 1.54) is 0 Å². The molecule has 43 heavy (non-hydrogen) atoms. The third-order valence-corrected chi connectivity index (χ3v) is 9.94. The van der Waals surface area contributed by atoms with E-state index in [4.69, 9.17) is 28.9 Å². The molecule has 4 rings (SSSR count). The van der Waals surface area contributed by atoms with Crippen LogP contribution in [0.25, 0.3) is 0 Å². The van der Waals surface area contributed by atoms with E-state index in [1.54, 1.807) is 47.4 Å². The van der Waals surface area contributed by atoms with Crippen LogP contribution in [0, 0.1) is 16.7 Å². The van der Waals surface area contributed by atoms with Crippen molar-refractivity contribution >= 4 is 58.5 Å². The number of aliphatic carboxylic acids is 1. The summed E-state index contributed by atoms with van der Waals surface area (Å²) in [6.07, 6.45) is 2.02. The van der Waals surface area contributed by atoms with Gasteiger partial charge in [0.2, 0.25) is 17.7 Å². The van der Waals surface area contributed by atoms with Crippen molar-refractivity contribution in [2.75, 3.05) is 11.9 Å². The number of carboxylic acids is 1. The average Bonchev–Trinajstić information content (AvgIpc) is 3.52. The smallest absolute Gasteiger partial charge is 0.326 e. The number of hydrogen-bond donors (Lipinski definition) is 4. The SMILES string of the molecule is CC1(C)[C@@H](C(=O)N[C@@H](Cc2ccc(NC(=O)c3c(Cl)cccc3Cl)cc2)C(=O)O)CC[C@@]1(C)C(=O)N1CCC[C@@H]1C(N)=O. The molecule has 230 valence electrons. The molecule has 1 aliphatic carbocycles. The number of halogens is 2. The summed E-state index contributed by atoms with van der Waals surface area (Å²) in [6, 6.07) is 9.44. The molecule has 0 radical (unpaired) electrons. The molecular formula is C31H36Cl2N4O6. The number of benzene rings is 2. The van der Waals surface area contributed by atoms with Crippen molar-refractivity contribution in [1.29, 1.82) is 0 Å². The molecule has 1 heterocycles. The number of hydrogen-bond acceptors (Lipinski definition) is 5. The first-order valence-corrected chi connectivity index (χ1v) is 14.9. The highest BCUT2D eigenvalue weighted by molar-refractivity contribution is 6.40. The summed E-state index contributed by atoms with van der Waals surface area (Å²) in [6.45, 7) is 5.94. The van der Waals surface area contributed by atoms with Crippen molar-refractivity contribution in [2.24, 2.45) is 22.5 Å². The first-order chi connectivity index (χ1) is 20.2. The topological polar surface area (TPSA) is 159 Å². The molecule has 0 unspecified atom stereocenters. The molecule has 2 aromatic rings. The molecule has 4 amide bonds. The number of primary amides is 1. The van der Waals surface area contributed by atoms with Crippen molar-refractivity contribution in [1.82, 2.24) is 10.2 Å². The van der Waals surface area contributed by atoms with Crippen LogP contribution in [0.5, 0.6) is 0 Å². The van der Waals surface area contributed by atoms with E-state index in [0.717, 1.165) is 0 Å². The van der Waals surface area contributed by atoms with Gasteiger partial charge in [-0.2, -0.15) is 0 Å². The summed E-state index contributed by atoms with van der Waals surface area (Å²) in [5, 5.41) is 15.7. The zero-order valence-corrected chi connectivity index (χ0v) is 25.8. The van der Waals surface area contributed by atoms with Gasteiger partial charge in [-0.15, -0.1) is 0 Å². The fourth-order valence-electron chi connectivity index (χ4n) is 6.31. The lowest BCUT2D eigenvalue weighted by Gasteiger charge is -2.43. The number of nitrogens with one attached hydrogen (secondary N) is 2. The first kappa shape index (κ1) is 32.3. The van der Waals surface area contributed by atoms with Gasteiger partial charge in [-0.25, -0.2) is 4.79 Å². The largest absolute Gasteiger partial charge is 0.480 e. The van der Waals surface area contributed by atoms with Crippen LogP contribution in [0.3, 0.4) is 0 Å². The number of carbonyl (C=O) groups excluding carboxylic acids is 4. The Morgan fingerprint density at radius 1 is 1.02 bits per heavy atom. The second kappa shape index (κ2) is 12.5. The zero-order valence-electron chi connectivity index (χ0n) is 24.3. The van der Waals surface area contributed by atoms with Gasteiger partial charge in [0.25, 0.3) is 5.91 Å². The normalized spacial score (nSPS) is 23.4. The standard InChI is InChI=1S/C31H36Cl2N4O6/c1-30(2)19(13-14-31(30,3)29(43)37-15-5-8-23(37)25(34)38)26(39)36-22(28(41)42)16-17-9-11-18(12-10-17)35-27(40)24-20(32)6-4-7-21(24)33/h4,6-7,9-12,19,22-23H,5,8,13-16H2,1-3H3,(H2,34,38)(H,35,40)(H,36,39)(H,41,42)/t19-,22+,23-,31+/m1/s1. The number of carboxylic acid groups (broad SMARTS) is 1. The van der Waals surface area contributed by atoms with Crippen LogP contribution in [0.15, 0.2) is 42.5 Å². The van der Waals surface area contributed by atoms with Crippen LogP contribution in [0.2, 0.25) is 10.0 Å². The highest BCUT2D eigenvalue weighted by atomic mass is 35.5. The molecule has 12 heteroatoms.